The highest BCUT2D eigenvalue weighted by atomic mass is 16.6. The molecule has 2 aliphatic carbocycles. The largest absolute Gasteiger partial charge is 0.444 e. The van der Waals surface area contributed by atoms with Crippen molar-refractivity contribution in [3.8, 4) is 0 Å². The van der Waals surface area contributed by atoms with Crippen molar-refractivity contribution in [2.45, 2.75) is 204 Å². The summed E-state index contributed by atoms with van der Waals surface area (Å²) in [7, 11) is 0. The summed E-state index contributed by atoms with van der Waals surface area (Å²) in [4.78, 5) is 48.5. The van der Waals surface area contributed by atoms with Crippen LogP contribution in [0.5, 0.6) is 0 Å². The average molecular weight is 787 g/mol. The zero-order chi connectivity index (χ0) is 40.5. The van der Waals surface area contributed by atoms with Crippen molar-refractivity contribution in [2.75, 3.05) is 52.4 Å². The predicted octanol–water partition coefficient (Wildman–Crippen LogP) is 5.90. The molecular weight excluding hydrogens is 709 g/mol. The monoisotopic (exact) mass is 787 g/mol. The fourth-order valence-corrected chi connectivity index (χ4v) is 10.7. The molecular formula is C43H78N8O5. The van der Waals surface area contributed by atoms with Crippen LogP contribution in [-0.4, -0.2) is 154 Å². The van der Waals surface area contributed by atoms with Crippen LogP contribution in [0.1, 0.15) is 145 Å². The Labute approximate surface area is 338 Å². The van der Waals surface area contributed by atoms with Crippen molar-refractivity contribution >= 4 is 18.2 Å². The summed E-state index contributed by atoms with van der Waals surface area (Å²) >= 11 is 0. The zero-order valence-electron chi connectivity index (χ0n) is 36.4. The predicted molar refractivity (Wildman–Crippen MR) is 221 cm³/mol. The first-order chi connectivity index (χ1) is 26.3. The second-order valence-electron chi connectivity index (χ2n) is 20.8. The Kier molecular flexibility index (Phi) is 13.5. The molecule has 5 heterocycles. The van der Waals surface area contributed by atoms with Crippen molar-refractivity contribution in [1.82, 2.24) is 35.1 Å². The van der Waals surface area contributed by atoms with Gasteiger partial charge in [0.2, 0.25) is 0 Å². The van der Waals surface area contributed by atoms with E-state index in [1.807, 2.05) is 51.3 Å². The molecule has 0 bridgehead atoms. The summed E-state index contributed by atoms with van der Waals surface area (Å²) in [5.41, 5.74) is 5.50. The van der Waals surface area contributed by atoms with Crippen LogP contribution in [0.15, 0.2) is 0 Å². The van der Waals surface area contributed by atoms with E-state index in [1.54, 1.807) is 0 Å². The number of carbonyl (C=O) groups excluding carboxylic acids is 3. The number of piperidine rings is 2. The minimum atomic E-state index is -0.457. The van der Waals surface area contributed by atoms with E-state index in [2.05, 4.69) is 39.2 Å². The average Bonchev–Trinajstić information content (AvgIpc) is 3.84. The first-order valence-electron chi connectivity index (χ1n) is 22.4. The number of nitrogens with one attached hydrogen (secondary N) is 2. The molecule has 0 aromatic rings. The molecule has 320 valence electrons. The second kappa shape index (κ2) is 17.5. The summed E-state index contributed by atoms with van der Waals surface area (Å²) < 4.78 is 11.1. The second-order valence-corrected chi connectivity index (χ2v) is 20.8. The van der Waals surface area contributed by atoms with Gasteiger partial charge in [-0.2, -0.15) is 0 Å². The Morgan fingerprint density at radius 2 is 1.18 bits per heavy atom. The fraction of sp³-hybridized carbons (Fsp3) is 0.930. The van der Waals surface area contributed by atoms with Crippen molar-refractivity contribution in [3.05, 3.63) is 0 Å². The summed E-state index contributed by atoms with van der Waals surface area (Å²) in [5.74, 6) is 0. The molecule has 0 aromatic carbocycles. The van der Waals surface area contributed by atoms with Crippen molar-refractivity contribution in [1.29, 1.82) is 0 Å². The quantitative estimate of drug-likeness (QED) is 0.312. The number of ether oxygens (including phenoxy) is 2. The van der Waals surface area contributed by atoms with Gasteiger partial charge >= 0.3 is 18.2 Å². The number of amides is 4. The minimum Gasteiger partial charge on any atom is -0.444 e. The van der Waals surface area contributed by atoms with Gasteiger partial charge in [-0.3, -0.25) is 9.80 Å². The molecule has 5 aliphatic heterocycles. The fourth-order valence-electron chi connectivity index (χ4n) is 10.7. The van der Waals surface area contributed by atoms with Crippen LogP contribution >= 0.6 is 0 Å². The van der Waals surface area contributed by atoms with Gasteiger partial charge in [0.05, 0.1) is 12.1 Å². The Morgan fingerprint density at radius 1 is 0.696 bits per heavy atom. The van der Waals surface area contributed by atoms with E-state index >= 15 is 0 Å². The van der Waals surface area contributed by atoms with E-state index in [0.717, 1.165) is 97.3 Å². The molecule has 0 aromatic heterocycles. The smallest absolute Gasteiger partial charge is 0.410 e. The van der Waals surface area contributed by atoms with Crippen LogP contribution in [0.3, 0.4) is 0 Å². The normalized spacial score (nSPS) is 34.2. The Hall–Kier alpha value is -2.35. The van der Waals surface area contributed by atoms with Gasteiger partial charge in [0.1, 0.15) is 11.2 Å². The third kappa shape index (κ3) is 10.6. The van der Waals surface area contributed by atoms with Crippen LogP contribution < -0.4 is 16.4 Å². The summed E-state index contributed by atoms with van der Waals surface area (Å²) in [5, 5.41) is 7.08. The minimum absolute atomic E-state index is 0.00250. The van der Waals surface area contributed by atoms with E-state index in [4.69, 9.17) is 15.2 Å². The number of hydrogen-bond acceptors (Lipinski definition) is 9. The molecule has 0 spiro atoms. The Bertz CT molecular complexity index is 1350. The molecule has 2 unspecified atom stereocenters. The topological polar surface area (TPSA) is 136 Å². The third-order valence-corrected chi connectivity index (χ3v) is 14.0. The zero-order valence-corrected chi connectivity index (χ0v) is 36.4. The van der Waals surface area contributed by atoms with Crippen LogP contribution in [0.2, 0.25) is 0 Å². The van der Waals surface area contributed by atoms with E-state index in [9.17, 15) is 14.4 Å². The van der Waals surface area contributed by atoms with Crippen LogP contribution in [-0.2, 0) is 9.47 Å². The van der Waals surface area contributed by atoms with Crippen molar-refractivity contribution < 1.29 is 23.9 Å². The van der Waals surface area contributed by atoms with Crippen LogP contribution in [0.25, 0.3) is 0 Å². The standard InChI is InChI=1S/C22H38N4O3.C21H40N4O2/c1-21(2,3)29-20(28)24-14-11-22(4,15-24)25-12-9-16(10-13-25)26-18-8-6-5-7-17(18)23-19(26)27;1-20(2,3)27-19(26)24-14-11-21(4,15-24)25-12-9-16(10-13-25)23-18-8-6-5-7-17(18)22/h16-18H,5-15H2,1-4H3,(H,23,27);16-18,23H,5-15,22H2,1-4H3/t17-,18-,22?;17-,18-,21?/m11/s1. The summed E-state index contributed by atoms with van der Waals surface area (Å²) in [6, 6.07) is 2.69. The number of carbonyl (C=O) groups is 3. The highest BCUT2D eigenvalue weighted by molar-refractivity contribution is 5.78. The lowest BCUT2D eigenvalue weighted by Gasteiger charge is -2.45. The van der Waals surface area contributed by atoms with Gasteiger partial charge < -0.3 is 40.5 Å². The van der Waals surface area contributed by atoms with Gasteiger partial charge in [0.25, 0.3) is 0 Å². The lowest BCUT2D eigenvalue weighted by atomic mass is 9.88. The number of hydrogen-bond donors (Lipinski definition) is 3. The van der Waals surface area contributed by atoms with Crippen LogP contribution in [0.4, 0.5) is 14.4 Å². The third-order valence-electron chi connectivity index (χ3n) is 14.0. The Morgan fingerprint density at radius 3 is 1.70 bits per heavy atom. The lowest BCUT2D eigenvalue weighted by Crippen LogP contribution is -2.57. The molecule has 7 fully saturated rings. The summed E-state index contributed by atoms with van der Waals surface area (Å²) in [6.07, 6.45) is 15.8. The van der Waals surface area contributed by atoms with Crippen LogP contribution in [0, 0.1) is 0 Å². The number of nitrogens with two attached hydrogens (primary N) is 1. The number of likely N-dealkylation sites (tertiary alicyclic amines) is 4. The maximum atomic E-state index is 12.6. The van der Waals surface area contributed by atoms with Crippen molar-refractivity contribution in [3.63, 3.8) is 0 Å². The van der Waals surface area contributed by atoms with E-state index in [0.29, 0.717) is 36.3 Å². The first-order valence-corrected chi connectivity index (χ1v) is 22.4. The Balaban J connectivity index is 0.000000190. The maximum Gasteiger partial charge on any atom is 0.410 e. The number of rotatable bonds is 5. The molecule has 4 N–H and O–H groups in total. The molecule has 0 radical (unpaired) electrons. The van der Waals surface area contributed by atoms with Gasteiger partial charge in [-0.05, 0) is 120 Å². The number of fused-ring (bicyclic) bond motifs is 1. The molecule has 13 heteroatoms. The molecule has 4 amide bonds. The molecule has 5 saturated heterocycles. The molecule has 7 rings (SSSR count). The van der Waals surface area contributed by atoms with Gasteiger partial charge in [-0.15, -0.1) is 0 Å². The molecule has 13 nitrogen and oxygen atoms in total. The van der Waals surface area contributed by atoms with E-state index < -0.39 is 11.2 Å². The van der Waals surface area contributed by atoms with Gasteiger partial charge in [0.15, 0.2) is 0 Å². The lowest BCUT2D eigenvalue weighted by molar-refractivity contribution is 0.0190. The van der Waals surface area contributed by atoms with E-state index in [-0.39, 0.29) is 29.3 Å². The number of urea groups is 1. The van der Waals surface area contributed by atoms with Gasteiger partial charge in [0, 0.05) is 87.6 Å². The first kappa shape index (κ1) is 43.2. The molecule has 6 atom stereocenters. The molecule has 7 aliphatic rings. The summed E-state index contributed by atoms with van der Waals surface area (Å²) in [6.45, 7) is 23.3. The highest BCUT2D eigenvalue weighted by Crippen LogP contribution is 2.36. The van der Waals surface area contributed by atoms with Gasteiger partial charge in [-0.1, -0.05) is 25.7 Å². The van der Waals surface area contributed by atoms with Crippen molar-refractivity contribution in [2.24, 2.45) is 5.73 Å². The maximum absolute atomic E-state index is 12.6. The SMILES string of the molecule is CC(C)(C)OC(=O)N1CCC(C)(N2CCC(N3C(=O)N[C@@H]4CCCC[C@H]43)CC2)C1.CC(C)(C)OC(=O)N1CCC(C)(N2CCC(N[C@@H]3CCCC[C@H]3N)CC2)C1. The van der Waals surface area contributed by atoms with E-state index in [1.165, 1.54) is 44.9 Å². The highest BCUT2D eigenvalue weighted by Gasteiger charge is 2.48. The molecule has 56 heavy (non-hydrogen) atoms. The van der Waals surface area contributed by atoms with Gasteiger partial charge in [-0.25, -0.2) is 14.4 Å². The molecule has 2 saturated carbocycles. The number of nitrogens with zero attached hydrogens (tertiary/aromatic N) is 5.